The van der Waals surface area contributed by atoms with Crippen molar-refractivity contribution < 1.29 is 9.13 Å². The molecule has 1 aliphatic rings. The Bertz CT molecular complexity index is 372. The van der Waals surface area contributed by atoms with Gasteiger partial charge in [-0.3, -0.25) is 0 Å². The molecule has 0 unspecified atom stereocenters. The summed E-state index contributed by atoms with van der Waals surface area (Å²) in [5, 5.41) is 3.34. The largest absolute Gasteiger partial charge is 0.489 e. The van der Waals surface area contributed by atoms with Crippen molar-refractivity contribution in [2.75, 3.05) is 13.2 Å². The van der Waals surface area contributed by atoms with Gasteiger partial charge in [-0.05, 0) is 43.0 Å². The molecular formula is C14H20FNO. The highest BCUT2D eigenvalue weighted by Gasteiger charge is 2.15. The quantitative estimate of drug-likeness (QED) is 0.869. The third-order valence-electron chi connectivity index (χ3n) is 3.22. The molecule has 1 aromatic carbocycles. The summed E-state index contributed by atoms with van der Waals surface area (Å²) in [4.78, 5) is 0. The van der Waals surface area contributed by atoms with Crippen LogP contribution in [0.2, 0.25) is 0 Å². The van der Waals surface area contributed by atoms with Crippen molar-refractivity contribution in [2.45, 2.75) is 38.6 Å². The summed E-state index contributed by atoms with van der Waals surface area (Å²) in [7, 11) is 0. The van der Waals surface area contributed by atoms with E-state index in [-0.39, 0.29) is 5.82 Å². The molecule has 2 rings (SSSR count). The smallest absolute Gasteiger partial charge is 0.165 e. The summed E-state index contributed by atoms with van der Waals surface area (Å²) in [5.41, 5.74) is 1.11. The number of halogens is 1. The zero-order valence-corrected chi connectivity index (χ0v) is 10.5. The van der Waals surface area contributed by atoms with Crippen molar-refractivity contribution in [3.8, 4) is 5.75 Å². The van der Waals surface area contributed by atoms with Crippen LogP contribution < -0.4 is 10.1 Å². The molecule has 0 spiro atoms. The van der Waals surface area contributed by atoms with Crippen molar-refractivity contribution in [1.29, 1.82) is 0 Å². The Kier molecular flexibility index (Phi) is 4.00. The van der Waals surface area contributed by atoms with Gasteiger partial charge in [0, 0.05) is 6.04 Å². The SMILES string of the molecule is CC(C)c1ccc(F)c(OC[C@@H]2CCCN2)c1. The highest BCUT2D eigenvalue weighted by molar-refractivity contribution is 5.32. The summed E-state index contributed by atoms with van der Waals surface area (Å²) in [6.07, 6.45) is 2.30. The monoisotopic (exact) mass is 237 g/mol. The maximum Gasteiger partial charge on any atom is 0.165 e. The molecule has 0 aliphatic carbocycles. The number of rotatable bonds is 4. The van der Waals surface area contributed by atoms with Crippen LogP contribution in [0.15, 0.2) is 18.2 Å². The predicted molar refractivity (Wildman–Crippen MR) is 67.0 cm³/mol. The number of hydrogen-bond acceptors (Lipinski definition) is 2. The molecule has 1 saturated heterocycles. The van der Waals surface area contributed by atoms with Gasteiger partial charge in [0.1, 0.15) is 6.61 Å². The minimum Gasteiger partial charge on any atom is -0.489 e. The van der Waals surface area contributed by atoms with Gasteiger partial charge in [-0.25, -0.2) is 4.39 Å². The molecule has 1 atom stereocenters. The molecule has 94 valence electrons. The van der Waals surface area contributed by atoms with Crippen LogP contribution >= 0.6 is 0 Å². The van der Waals surface area contributed by atoms with Crippen LogP contribution in [0.4, 0.5) is 4.39 Å². The molecular weight excluding hydrogens is 217 g/mol. The molecule has 0 bridgehead atoms. The van der Waals surface area contributed by atoms with Crippen LogP contribution in [0.5, 0.6) is 5.75 Å². The lowest BCUT2D eigenvalue weighted by Crippen LogP contribution is -2.28. The summed E-state index contributed by atoms with van der Waals surface area (Å²) in [6.45, 7) is 5.78. The van der Waals surface area contributed by atoms with Gasteiger partial charge in [-0.15, -0.1) is 0 Å². The average Bonchev–Trinajstić information content (AvgIpc) is 2.80. The third kappa shape index (κ3) is 3.19. The fraction of sp³-hybridized carbons (Fsp3) is 0.571. The van der Waals surface area contributed by atoms with Gasteiger partial charge >= 0.3 is 0 Å². The Morgan fingerprint density at radius 2 is 2.29 bits per heavy atom. The summed E-state index contributed by atoms with van der Waals surface area (Å²) < 4.78 is 19.1. The highest BCUT2D eigenvalue weighted by Crippen LogP contribution is 2.24. The third-order valence-corrected chi connectivity index (χ3v) is 3.22. The first-order valence-electron chi connectivity index (χ1n) is 6.32. The second-order valence-electron chi connectivity index (χ2n) is 4.95. The van der Waals surface area contributed by atoms with Gasteiger partial charge in [-0.2, -0.15) is 0 Å². The van der Waals surface area contributed by atoms with Crippen molar-refractivity contribution in [3.05, 3.63) is 29.6 Å². The van der Waals surface area contributed by atoms with Gasteiger partial charge in [-0.1, -0.05) is 19.9 Å². The van der Waals surface area contributed by atoms with Crippen LogP contribution in [0.3, 0.4) is 0 Å². The molecule has 1 aliphatic heterocycles. The van der Waals surface area contributed by atoms with Crippen molar-refractivity contribution in [2.24, 2.45) is 0 Å². The molecule has 1 N–H and O–H groups in total. The number of nitrogens with one attached hydrogen (secondary N) is 1. The molecule has 1 aromatic rings. The Morgan fingerprint density at radius 3 is 2.94 bits per heavy atom. The standard InChI is InChI=1S/C14H20FNO/c1-10(2)11-5-6-13(15)14(8-11)17-9-12-4-3-7-16-12/h5-6,8,10,12,16H,3-4,7,9H2,1-2H3/t12-/m0/s1. The maximum absolute atomic E-state index is 13.6. The second-order valence-corrected chi connectivity index (χ2v) is 4.95. The van der Waals surface area contributed by atoms with Crippen LogP contribution in [0, 0.1) is 5.82 Å². The van der Waals surface area contributed by atoms with E-state index in [0.29, 0.717) is 24.3 Å². The van der Waals surface area contributed by atoms with Gasteiger partial charge in [0.15, 0.2) is 11.6 Å². The zero-order chi connectivity index (χ0) is 12.3. The zero-order valence-electron chi connectivity index (χ0n) is 10.5. The predicted octanol–water partition coefficient (Wildman–Crippen LogP) is 3.08. The molecule has 3 heteroatoms. The Morgan fingerprint density at radius 1 is 1.47 bits per heavy atom. The lowest BCUT2D eigenvalue weighted by Gasteiger charge is -2.14. The van der Waals surface area contributed by atoms with Gasteiger partial charge in [0.2, 0.25) is 0 Å². The highest BCUT2D eigenvalue weighted by atomic mass is 19.1. The lowest BCUT2D eigenvalue weighted by atomic mass is 10.0. The summed E-state index contributed by atoms with van der Waals surface area (Å²) in [6, 6.07) is 5.50. The minimum absolute atomic E-state index is 0.271. The van der Waals surface area contributed by atoms with Gasteiger partial charge in [0.05, 0.1) is 0 Å². The number of ether oxygens (including phenoxy) is 1. The Labute approximate surface area is 102 Å². The summed E-state index contributed by atoms with van der Waals surface area (Å²) >= 11 is 0. The molecule has 0 saturated carbocycles. The van der Waals surface area contributed by atoms with Crippen molar-refractivity contribution in [1.82, 2.24) is 5.32 Å². The first kappa shape index (κ1) is 12.4. The van der Waals surface area contributed by atoms with Crippen LogP contribution in [-0.4, -0.2) is 19.2 Å². The Hall–Kier alpha value is -1.09. The van der Waals surface area contributed by atoms with E-state index in [2.05, 4.69) is 19.2 Å². The van der Waals surface area contributed by atoms with E-state index in [1.54, 1.807) is 0 Å². The maximum atomic E-state index is 13.6. The van der Waals surface area contributed by atoms with Crippen LogP contribution in [0.1, 0.15) is 38.2 Å². The minimum atomic E-state index is -0.271. The van der Waals surface area contributed by atoms with Gasteiger partial charge < -0.3 is 10.1 Å². The van der Waals surface area contributed by atoms with Gasteiger partial charge in [0.25, 0.3) is 0 Å². The molecule has 0 amide bonds. The molecule has 0 aromatic heterocycles. The molecule has 1 heterocycles. The average molecular weight is 237 g/mol. The van der Waals surface area contributed by atoms with Crippen molar-refractivity contribution in [3.63, 3.8) is 0 Å². The normalized spacial score (nSPS) is 19.9. The van der Waals surface area contributed by atoms with E-state index in [1.807, 2.05) is 12.1 Å². The molecule has 17 heavy (non-hydrogen) atoms. The first-order chi connectivity index (χ1) is 8.16. The van der Waals surface area contributed by atoms with Crippen LogP contribution in [-0.2, 0) is 0 Å². The summed E-state index contributed by atoms with van der Waals surface area (Å²) in [5.74, 6) is 0.500. The number of benzene rings is 1. The Balaban J connectivity index is 2.00. The van der Waals surface area contributed by atoms with E-state index in [9.17, 15) is 4.39 Å². The van der Waals surface area contributed by atoms with E-state index in [4.69, 9.17) is 4.74 Å². The fourth-order valence-electron chi connectivity index (χ4n) is 2.08. The van der Waals surface area contributed by atoms with E-state index in [1.165, 1.54) is 12.5 Å². The second kappa shape index (κ2) is 5.50. The van der Waals surface area contributed by atoms with E-state index >= 15 is 0 Å². The fourth-order valence-corrected chi connectivity index (χ4v) is 2.08. The van der Waals surface area contributed by atoms with E-state index in [0.717, 1.165) is 18.5 Å². The molecule has 1 fully saturated rings. The molecule has 0 radical (unpaired) electrons. The van der Waals surface area contributed by atoms with E-state index < -0.39 is 0 Å². The number of hydrogen-bond donors (Lipinski definition) is 1. The van der Waals surface area contributed by atoms with Crippen molar-refractivity contribution >= 4 is 0 Å². The topological polar surface area (TPSA) is 21.3 Å². The molecule has 2 nitrogen and oxygen atoms in total. The first-order valence-corrected chi connectivity index (χ1v) is 6.32. The lowest BCUT2D eigenvalue weighted by molar-refractivity contribution is 0.265. The van der Waals surface area contributed by atoms with Crippen LogP contribution in [0.25, 0.3) is 0 Å².